The number of rotatable bonds is 80. The van der Waals surface area contributed by atoms with Crippen LogP contribution in [0.25, 0.3) is 0 Å². The van der Waals surface area contributed by atoms with Crippen LogP contribution >= 0.6 is 15.6 Å². The van der Waals surface area contributed by atoms with Crippen molar-refractivity contribution in [3.63, 3.8) is 0 Å². The van der Waals surface area contributed by atoms with E-state index in [9.17, 15) is 43.2 Å². The van der Waals surface area contributed by atoms with E-state index in [0.717, 1.165) is 115 Å². The minimum absolute atomic E-state index is 0.0849. The third-order valence-electron chi connectivity index (χ3n) is 18.8. The highest BCUT2D eigenvalue weighted by molar-refractivity contribution is 7.47. The van der Waals surface area contributed by atoms with Gasteiger partial charge in [0, 0.05) is 25.7 Å². The maximum absolute atomic E-state index is 13.1. The molecule has 0 aliphatic rings. The fourth-order valence-corrected chi connectivity index (χ4v) is 13.9. The molecule has 0 saturated carbocycles. The van der Waals surface area contributed by atoms with E-state index < -0.39 is 97.5 Å². The highest BCUT2D eigenvalue weighted by Crippen LogP contribution is 2.45. The van der Waals surface area contributed by atoms with Crippen molar-refractivity contribution in [2.24, 2.45) is 11.8 Å². The number of unbranched alkanes of at least 4 members (excludes halogenated alkanes) is 47. The first-order valence-corrected chi connectivity index (χ1v) is 45.3. The van der Waals surface area contributed by atoms with Gasteiger partial charge in [-0.1, -0.05) is 361 Å². The van der Waals surface area contributed by atoms with Crippen LogP contribution in [0.1, 0.15) is 414 Å². The monoisotopic (exact) mass is 1490 g/mol. The Labute approximate surface area is 624 Å². The number of hydrogen-bond donors (Lipinski definition) is 3. The summed E-state index contributed by atoms with van der Waals surface area (Å²) in [5.41, 5.74) is 0. The van der Waals surface area contributed by atoms with Gasteiger partial charge in [0.2, 0.25) is 0 Å². The summed E-state index contributed by atoms with van der Waals surface area (Å²) in [6, 6.07) is 0. The predicted molar refractivity (Wildman–Crippen MR) is 418 cm³/mol. The summed E-state index contributed by atoms with van der Waals surface area (Å²) < 4.78 is 68.8. The van der Waals surface area contributed by atoms with Crippen LogP contribution in [0.3, 0.4) is 0 Å². The Balaban J connectivity index is 5.29. The molecule has 0 fully saturated rings. The summed E-state index contributed by atoms with van der Waals surface area (Å²) >= 11 is 0. The molecule has 0 aromatic rings. The first-order valence-electron chi connectivity index (χ1n) is 42.3. The molecule has 19 heteroatoms. The van der Waals surface area contributed by atoms with E-state index in [1.165, 1.54) is 218 Å². The summed E-state index contributed by atoms with van der Waals surface area (Å²) in [5.74, 6) is -0.587. The quantitative estimate of drug-likeness (QED) is 0.0169. The maximum atomic E-state index is 13.1. The number of aliphatic hydroxyl groups excluding tert-OH is 1. The number of carbonyl (C=O) groups excluding carboxylic acids is 4. The molecule has 0 saturated heterocycles. The lowest BCUT2D eigenvalue weighted by atomic mass is 10.0. The average molecular weight is 1490 g/mol. The van der Waals surface area contributed by atoms with Crippen molar-refractivity contribution in [2.45, 2.75) is 432 Å². The molecule has 0 aromatic carbocycles. The van der Waals surface area contributed by atoms with Gasteiger partial charge in [0.25, 0.3) is 0 Å². The smallest absolute Gasteiger partial charge is 0.462 e. The van der Waals surface area contributed by atoms with Gasteiger partial charge in [0.05, 0.1) is 26.4 Å². The fourth-order valence-electron chi connectivity index (χ4n) is 12.3. The van der Waals surface area contributed by atoms with Crippen LogP contribution < -0.4 is 0 Å². The highest BCUT2D eigenvalue weighted by Gasteiger charge is 2.30. The Morgan fingerprint density at radius 1 is 0.304 bits per heavy atom. The van der Waals surface area contributed by atoms with E-state index in [4.69, 9.17) is 37.0 Å². The van der Waals surface area contributed by atoms with Crippen molar-refractivity contribution in [3.8, 4) is 0 Å². The largest absolute Gasteiger partial charge is 0.472 e. The van der Waals surface area contributed by atoms with E-state index in [-0.39, 0.29) is 25.7 Å². The Morgan fingerprint density at radius 3 is 0.804 bits per heavy atom. The highest BCUT2D eigenvalue weighted by atomic mass is 31.2. The zero-order valence-corrected chi connectivity index (χ0v) is 68.2. The molecule has 0 aliphatic heterocycles. The van der Waals surface area contributed by atoms with E-state index in [1.54, 1.807) is 0 Å². The topological polar surface area (TPSA) is 237 Å². The van der Waals surface area contributed by atoms with Crippen molar-refractivity contribution in [2.75, 3.05) is 39.6 Å². The van der Waals surface area contributed by atoms with Crippen LogP contribution in [-0.4, -0.2) is 96.7 Å². The normalized spacial score (nSPS) is 14.0. The fraction of sp³-hybridized carbons (Fsp3) is 0.904. The lowest BCUT2D eigenvalue weighted by Crippen LogP contribution is -2.30. The van der Waals surface area contributed by atoms with Gasteiger partial charge in [-0.15, -0.1) is 0 Å². The molecule has 2 unspecified atom stereocenters. The van der Waals surface area contributed by atoms with E-state index in [0.29, 0.717) is 25.7 Å². The average Bonchev–Trinajstić information content (AvgIpc) is 0.918. The molecular formula is C83H158O17P2. The van der Waals surface area contributed by atoms with Crippen molar-refractivity contribution in [1.82, 2.24) is 0 Å². The number of hydrogen-bond acceptors (Lipinski definition) is 15. The third kappa shape index (κ3) is 75.8. The standard InChI is InChI=1S/C83H158O17P2/c1-7-9-11-13-15-17-19-21-23-28-31-35-41-47-53-59-65-80(85)93-71-78(99-83(88)68-62-56-50-43-37-33-29-25-24-27-30-34-39-45-51-57-63-75(3)4)73-97-101(89,90)95-69-77(84)70-96-102(91,92)98-74-79(72-94-81(86)66-60-54-48-44-38-40-46-52-58-64-76(5)6)100-82(87)67-61-55-49-42-36-32-26-22-20-18-16-14-12-10-8-2/h18,20,22,26,75-79,84H,7-17,19,21,23-25,27-74H2,1-6H3,(H,89,90)(H,91,92)/b20-18-,26-22-/t77-,78-,79-/m1/s1. The first-order chi connectivity index (χ1) is 49.4. The van der Waals surface area contributed by atoms with Crippen molar-refractivity contribution in [3.05, 3.63) is 24.3 Å². The van der Waals surface area contributed by atoms with E-state index in [1.807, 2.05) is 0 Å². The Kier molecular flexibility index (Phi) is 72.2. The molecule has 0 bridgehead atoms. The summed E-state index contributed by atoms with van der Waals surface area (Å²) in [6.07, 6.45) is 67.4. The van der Waals surface area contributed by atoms with Crippen molar-refractivity contribution < 1.29 is 80.2 Å². The van der Waals surface area contributed by atoms with Gasteiger partial charge in [0.1, 0.15) is 19.3 Å². The van der Waals surface area contributed by atoms with Crippen molar-refractivity contribution in [1.29, 1.82) is 0 Å². The summed E-state index contributed by atoms with van der Waals surface area (Å²) in [6.45, 7) is 9.59. The summed E-state index contributed by atoms with van der Waals surface area (Å²) in [5, 5.41) is 10.7. The van der Waals surface area contributed by atoms with Gasteiger partial charge < -0.3 is 33.8 Å². The summed E-state index contributed by atoms with van der Waals surface area (Å²) in [7, 11) is -9.94. The number of phosphoric ester groups is 2. The minimum atomic E-state index is -4.97. The second-order valence-corrected chi connectivity index (χ2v) is 33.0. The molecule has 602 valence electrons. The number of esters is 4. The summed E-state index contributed by atoms with van der Waals surface area (Å²) in [4.78, 5) is 73.1. The van der Waals surface area contributed by atoms with Gasteiger partial charge in [-0.25, -0.2) is 9.13 Å². The molecule has 0 aromatic heterocycles. The molecule has 0 spiro atoms. The second kappa shape index (κ2) is 74.0. The van der Waals surface area contributed by atoms with Gasteiger partial charge >= 0.3 is 39.5 Å². The van der Waals surface area contributed by atoms with Gasteiger partial charge in [-0.05, 0) is 63.2 Å². The molecule has 0 amide bonds. The van der Waals surface area contributed by atoms with E-state index in [2.05, 4.69) is 65.8 Å². The molecule has 0 radical (unpaired) electrons. The van der Waals surface area contributed by atoms with E-state index >= 15 is 0 Å². The van der Waals surface area contributed by atoms with Crippen LogP contribution in [0.2, 0.25) is 0 Å². The van der Waals surface area contributed by atoms with Crippen LogP contribution in [-0.2, 0) is 65.4 Å². The Hall–Kier alpha value is -2.46. The Bertz CT molecular complexity index is 2050. The Morgan fingerprint density at radius 2 is 0.529 bits per heavy atom. The van der Waals surface area contributed by atoms with Crippen LogP contribution in [0.5, 0.6) is 0 Å². The SMILES string of the molecule is CCCCCC/C=C\C=C/CCCCCCCC(=O)O[C@H](COC(=O)CCCCCCCCCCCC(C)C)COP(=O)(O)OC[C@H](O)COP(=O)(O)OC[C@@H](COC(=O)CCCCCCCCCCCCCCCCCC)OC(=O)CCCCCCCCCCCCCCCCCCC(C)C. The number of carbonyl (C=O) groups is 4. The molecule has 3 N–H and O–H groups in total. The van der Waals surface area contributed by atoms with Gasteiger partial charge in [-0.2, -0.15) is 0 Å². The third-order valence-corrected chi connectivity index (χ3v) is 20.7. The molecular weight excluding hydrogens is 1330 g/mol. The molecule has 0 heterocycles. The number of aliphatic hydroxyl groups is 1. The lowest BCUT2D eigenvalue weighted by molar-refractivity contribution is -0.161. The molecule has 102 heavy (non-hydrogen) atoms. The molecule has 17 nitrogen and oxygen atoms in total. The zero-order chi connectivity index (χ0) is 74.9. The number of allylic oxidation sites excluding steroid dienone is 4. The number of ether oxygens (including phenoxy) is 4. The lowest BCUT2D eigenvalue weighted by Gasteiger charge is -2.21. The van der Waals surface area contributed by atoms with Gasteiger partial charge in [0.15, 0.2) is 12.2 Å². The predicted octanol–water partition coefficient (Wildman–Crippen LogP) is 24.6. The minimum Gasteiger partial charge on any atom is -0.462 e. The van der Waals surface area contributed by atoms with Crippen LogP contribution in [0.4, 0.5) is 0 Å². The molecule has 5 atom stereocenters. The number of phosphoric acid groups is 2. The van der Waals surface area contributed by atoms with Crippen LogP contribution in [0.15, 0.2) is 24.3 Å². The van der Waals surface area contributed by atoms with Crippen molar-refractivity contribution >= 4 is 39.5 Å². The second-order valence-electron chi connectivity index (χ2n) is 30.1. The first kappa shape index (κ1) is 99.5. The van der Waals surface area contributed by atoms with Gasteiger partial charge in [-0.3, -0.25) is 37.3 Å². The van der Waals surface area contributed by atoms with Crippen LogP contribution in [0, 0.1) is 11.8 Å². The molecule has 0 aliphatic carbocycles. The molecule has 0 rings (SSSR count). The zero-order valence-electron chi connectivity index (χ0n) is 66.4. The maximum Gasteiger partial charge on any atom is 0.472 e.